The summed E-state index contributed by atoms with van der Waals surface area (Å²) in [5.41, 5.74) is 1.83. The van der Waals surface area contributed by atoms with Gasteiger partial charge in [0.2, 0.25) is 0 Å². The van der Waals surface area contributed by atoms with E-state index in [2.05, 4.69) is 11.9 Å². The molecule has 0 saturated carbocycles. The SMILES string of the molecule is CCCc1cn2cc(Cl)cc(Cl)c2n1. The number of pyridine rings is 1. The van der Waals surface area contributed by atoms with Crippen LogP contribution in [0.2, 0.25) is 10.0 Å². The lowest BCUT2D eigenvalue weighted by atomic mass is 10.3. The van der Waals surface area contributed by atoms with Crippen LogP contribution in [0.4, 0.5) is 0 Å². The fourth-order valence-corrected chi connectivity index (χ4v) is 1.98. The highest BCUT2D eigenvalue weighted by molar-refractivity contribution is 6.36. The van der Waals surface area contributed by atoms with E-state index in [4.69, 9.17) is 23.2 Å². The van der Waals surface area contributed by atoms with Crippen molar-refractivity contribution in [3.63, 3.8) is 0 Å². The molecule has 4 heteroatoms. The van der Waals surface area contributed by atoms with Gasteiger partial charge in [0.05, 0.1) is 15.7 Å². The number of fused-ring (bicyclic) bond motifs is 1. The number of aromatic nitrogens is 2. The Morgan fingerprint density at radius 3 is 2.86 bits per heavy atom. The zero-order valence-corrected chi connectivity index (χ0v) is 9.31. The van der Waals surface area contributed by atoms with Crippen molar-refractivity contribution < 1.29 is 0 Å². The Kier molecular flexibility index (Phi) is 2.66. The number of imidazole rings is 1. The smallest absolute Gasteiger partial charge is 0.155 e. The summed E-state index contributed by atoms with van der Waals surface area (Å²) in [6, 6.07) is 1.71. The van der Waals surface area contributed by atoms with Crippen molar-refractivity contribution in [2.75, 3.05) is 0 Å². The summed E-state index contributed by atoms with van der Waals surface area (Å²) in [7, 11) is 0. The van der Waals surface area contributed by atoms with Gasteiger partial charge in [-0.2, -0.15) is 0 Å². The molecular weight excluding hydrogens is 219 g/mol. The number of hydrogen-bond donors (Lipinski definition) is 0. The van der Waals surface area contributed by atoms with E-state index in [-0.39, 0.29) is 0 Å². The lowest BCUT2D eigenvalue weighted by Gasteiger charge is -1.95. The Morgan fingerprint density at radius 1 is 1.36 bits per heavy atom. The molecule has 14 heavy (non-hydrogen) atoms. The van der Waals surface area contributed by atoms with E-state index in [9.17, 15) is 0 Å². The molecule has 2 heterocycles. The highest BCUT2D eigenvalue weighted by atomic mass is 35.5. The normalized spacial score (nSPS) is 11.1. The minimum absolute atomic E-state index is 0.597. The summed E-state index contributed by atoms with van der Waals surface area (Å²) < 4.78 is 1.87. The Labute approximate surface area is 92.5 Å². The molecule has 0 aliphatic rings. The first-order chi connectivity index (χ1) is 6.70. The monoisotopic (exact) mass is 228 g/mol. The Hall–Kier alpha value is -0.730. The minimum atomic E-state index is 0.597. The molecule has 2 aromatic heterocycles. The van der Waals surface area contributed by atoms with Gasteiger partial charge in [-0.25, -0.2) is 4.98 Å². The molecule has 0 spiro atoms. The first-order valence-corrected chi connectivity index (χ1v) is 5.29. The van der Waals surface area contributed by atoms with Gasteiger partial charge >= 0.3 is 0 Å². The zero-order valence-electron chi connectivity index (χ0n) is 7.80. The molecule has 0 aliphatic carbocycles. The van der Waals surface area contributed by atoms with E-state index in [0.29, 0.717) is 10.0 Å². The van der Waals surface area contributed by atoms with E-state index in [1.165, 1.54) is 0 Å². The van der Waals surface area contributed by atoms with E-state index < -0.39 is 0 Å². The molecule has 2 aromatic rings. The maximum absolute atomic E-state index is 6.01. The van der Waals surface area contributed by atoms with Crippen LogP contribution >= 0.6 is 23.2 Å². The molecule has 2 rings (SSSR count). The predicted molar refractivity (Wildman–Crippen MR) is 59.2 cm³/mol. The quantitative estimate of drug-likeness (QED) is 0.769. The number of rotatable bonds is 2. The van der Waals surface area contributed by atoms with Crippen LogP contribution < -0.4 is 0 Å². The first kappa shape index (κ1) is 9.81. The van der Waals surface area contributed by atoms with Gasteiger partial charge in [-0.1, -0.05) is 36.5 Å². The predicted octanol–water partition coefficient (Wildman–Crippen LogP) is 3.59. The van der Waals surface area contributed by atoms with Gasteiger partial charge in [0.25, 0.3) is 0 Å². The second-order valence-corrected chi connectivity index (χ2v) is 4.06. The van der Waals surface area contributed by atoms with E-state index >= 15 is 0 Å². The summed E-state index contributed by atoms with van der Waals surface area (Å²) in [4.78, 5) is 4.42. The lowest BCUT2D eigenvalue weighted by Crippen LogP contribution is -1.82. The van der Waals surface area contributed by atoms with Crippen molar-refractivity contribution in [3.8, 4) is 0 Å². The van der Waals surface area contributed by atoms with Crippen molar-refractivity contribution in [2.45, 2.75) is 19.8 Å². The van der Waals surface area contributed by atoms with Gasteiger partial charge in [0.1, 0.15) is 0 Å². The van der Waals surface area contributed by atoms with E-state index in [1.54, 1.807) is 6.07 Å². The van der Waals surface area contributed by atoms with Crippen molar-refractivity contribution in [1.82, 2.24) is 9.38 Å². The van der Waals surface area contributed by atoms with Crippen molar-refractivity contribution in [1.29, 1.82) is 0 Å². The third-order valence-corrected chi connectivity index (χ3v) is 2.51. The molecule has 0 bridgehead atoms. The molecule has 0 aromatic carbocycles. The van der Waals surface area contributed by atoms with Gasteiger partial charge in [-0.15, -0.1) is 0 Å². The van der Waals surface area contributed by atoms with Crippen LogP contribution in [0.1, 0.15) is 19.0 Å². The van der Waals surface area contributed by atoms with Crippen LogP contribution in [0.3, 0.4) is 0 Å². The maximum Gasteiger partial charge on any atom is 0.155 e. The average molecular weight is 229 g/mol. The van der Waals surface area contributed by atoms with Gasteiger partial charge in [-0.3, -0.25) is 0 Å². The number of hydrogen-bond acceptors (Lipinski definition) is 1. The second kappa shape index (κ2) is 3.79. The molecule has 0 fully saturated rings. The molecule has 0 radical (unpaired) electrons. The van der Waals surface area contributed by atoms with Crippen LogP contribution in [0.15, 0.2) is 18.5 Å². The topological polar surface area (TPSA) is 17.3 Å². The molecular formula is C10H10Cl2N2. The summed E-state index contributed by atoms with van der Waals surface area (Å²) in [5.74, 6) is 0. The highest BCUT2D eigenvalue weighted by Crippen LogP contribution is 2.21. The second-order valence-electron chi connectivity index (χ2n) is 3.22. The fraction of sp³-hybridized carbons (Fsp3) is 0.300. The van der Waals surface area contributed by atoms with E-state index in [0.717, 1.165) is 24.2 Å². The van der Waals surface area contributed by atoms with Gasteiger partial charge in [0.15, 0.2) is 5.65 Å². The lowest BCUT2D eigenvalue weighted by molar-refractivity contribution is 0.894. The molecule has 0 aliphatic heterocycles. The molecule has 0 atom stereocenters. The fourth-order valence-electron chi connectivity index (χ4n) is 1.45. The molecule has 0 saturated heterocycles. The zero-order chi connectivity index (χ0) is 10.1. The summed E-state index contributed by atoms with van der Waals surface area (Å²) in [6.07, 6.45) is 5.83. The Balaban J connectivity index is 2.58. The highest BCUT2D eigenvalue weighted by Gasteiger charge is 2.05. The van der Waals surface area contributed by atoms with Crippen LogP contribution in [0.25, 0.3) is 5.65 Å². The van der Waals surface area contributed by atoms with Gasteiger partial charge < -0.3 is 4.40 Å². The van der Waals surface area contributed by atoms with Gasteiger partial charge in [0, 0.05) is 12.4 Å². The standard InChI is InChI=1S/C10H10Cl2N2/c1-2-3-8-6-14-5-7(11)4-9(12)10(14)13-8/h4-6H,2-3H2,1H3. The minimum Gasteiger partial charge on any atom is -0.304 e. The Bertz CT molecular complexity index is 462. The summed E-state index contributed by atoms with van der Waals surface area (Å²) >= 11 is 11.9. The van der Waals surface area contributed by atoms with Crippen LogP contribution in [0, 0.1) is 0 Å². The first-order valence-electron chi connectivity index (χ1n) is 4.53. The molecule has 0 N–H and O–H groups in total. The van der Waals surface area contributed by atoms with Crippen LogP contribution in [-0.2, 0) is 6.42 Å². The average Bonchev–Trinajstić information content (AvgIpc) is 2.48. The van der Waals surface area contributed by atoms with Crippen molar-refractivity contribution >= 4 is 28.8 Å². The molecule has 2 nitrogen and oxygen atoms in total. The Morgan fingerprint density at radius 2 is 2.14 bits per heavy atom. The van der Waals surface area contributed by atoms with Crippen LogP contribution in [0.5, 0.6) is 0 Å². The van der Waals surface area contributed by atoms with Crippen molar-refractivity contribution in [2.24, 2.45) is 0 Å². The third kappa shape index (κ3) is 1.72. The number of aryl methyl sites for hydroxylation is 1. The van der Waals surface area contributed by atoms with Gasteiger partial charge in [-0.05, 0) is 12.5 Å². The molecule has 0 amide bonds. The third-order valence-electron chi connectivity index (χ3n) is 2.03. The maximum atomic E-state index is 6.01. The van der Waals surface area contributed by atoms with Crippen molar-refractivity contribution in [3.05, 3.63) is 34.2 Å². The largest absolute Gasteiger partial charge is 0.304 e. The van der Waals surface area contributed by atoms with E-state index in [1.807, 2.05) is 16.8 Å². The van der Waals surface area contributed by atoms with Crippen LogP contribution in [-0.4, -0.2) is 9.38 Å². The number of halogens is 2. The number of nitrogens with zero attached hydrogens (tertiary/aromatic N) is 2. The molecule has 74 valence electrons. The summed E-state index contributed by atoms with van der Waals surface area (Å²) in [5, 5.41) is 1.22. The summed E-state index contributed by atoms with van der Waals surface area (Å²) in [6.45, 7) is 2.12. The molecule has 0 unspecified atom stereocenters.